The van der Waals surface area contributed by atoms with Gasteiger partial charge in [0.15, 0.2) is 0 Å². The molecule has 0 aliphatic carbocycles. The number of hydrogen-bond donors (Lipinski definition) is 1. The van der Waals surface area contributed by atoms with Gasteiger partial charge in [-0.3, -0.25) is 4.79 Å². The molecule has 0 radical (unpaired) electrons. The number of carbonyl (C=O) groups is 1. The molecule has 1 aromatic heterocycles. The van der Waals surface area contributed by atoms with Gasteiger partial charge in [0.2, 0.25) is 0 Å². The molecule has 3 nitrogen and oxygen atoms in total. The summed E-state index contributed by atoms with van der Waals surface area (Å²) in [5.74, 6) is 0.494. The largest absolute Gasteiger partial charge is 0.491 e. The van der Waals surface area contributed by atoms with Crippen LogP contribution >= 0.6 is 38.9 Å². The number of benzene rings is 1. The summed E-state index contributed by atoms with van der Waals surface area (Å²) in [7, 11) is 0. The van der Waals surface area contributed by atoms with Gasteiger partial charge in [0.05, 0.1) is 21.3 Å². The number of alkyl halides is 1. The van der Waals surface area contributed by atoms with Crippen LogP contribution in [-0.4, -0.2) is 19.1 Å². The number of thiophene rings is 1. The number of amides is 1. The average Bonchev–Trinajstić information content (AvgIpc) is 2.80. The molecule has 1 amide bonds. The van der Waals surface area contributed by atoms with Crippen LogP contribution in [0.3, 0.4) is 0 Å². The predicted molar refractivity (Wildman–Crippen MR) is 84.0 cm³/mol. The van der Waals surface area contributed by atoms with E-state index in [1.807, 2.05) is 23.6 Å². The number of nitrogens with one attached hydrogen (secondary N) is 1. The van der Waals surface area contributed by atoms with Crippen LogP contribution in [0.25, 0.3) is 0 Å². The van der Waals surface area contributed by atoms with Crippen molar-refractivity contribution in [2.45, 2.75) is 5.38 Å². The third kappa shape index (κ3) is 2.71. The number of carbonyl (C=O) groups excluding carboxylic acids is 1. The highest BCUT2D eigenvalue weighted by Crippen LogP contribution is 2.35. The summed E-state index contributed by atoms with van der Waals surface area (Å²) in [4.78, 5) is 12.0. The zero-order chi connectivity index (χ0) is 14.1. The van der Waals surface area contributed by atoms with Crippen molar-refractivity contribution >= 4 is 44.8 Å². The quantitative estimate of drug-likeness (QED) is 0.810. The van der Waals surface area contributed by atoms with Crippen LogP contribution in [0.4, 0.5) is 0 Å². The molecule has 1 atom stereocenters. The molecule has 1 aliphatic rings. The van der Waals surface area contributed by atoms with E-state index in [4.69, 9.17) is 16.3 Å². The van der Waals surface area contributed by atoms with Gasteiger partial charge in [-0.15, -0.1) is 22.9 Å². The minimum Gasteiger partial charge on any atom is -0.491 e. The Bertz CT molecular complexity index is 658. The summed E-state index contributed by atoms with van der Waals surface area (Å²) in [5, 5.41) is 4.52. The normalized spacial score (nSPS) is 15.8. The molecule has 1 aliphatic heterocycles. The molecule has 104 valence electrons. The summed E-state index contributed by atoms with van der Waals surface area (Å²) in [6.07, 6.45) is 0. The molecule has 0 bridgehead atoms. The SMILES string of the molecule is O=C1NCCOc2ccc(C(Cl)c3csc(Br)c3)cc21. The van der Waals surface area contributed by atoms with Crippen LogP contribution in [0.5, 0.6) is 5.75 Å². The molecule has 0 saturated heterocycles. The van der Waals surface area contributed by atoms with Gasteiger partial charge in [0.1, 0.15) is 12.4 Å². The minimum absolute atomic E-state index is 0.116. The topological polar surface area (TPSA) is 38.3 Å². The van der Waals surface area contributed by atoms with Gasteiger partial charge in [0.25, 0.3) is 5.91 Å². The number of hydrogen-bond acceptors (Lipinski definition) is 3. The average molecular weight is 373 g/mol. The van der Waals surface area contributed by atoms with Crippen molar-refractivity contribution in [2.75, 3.05) is 13.2 Å². The summed E-state index contributed by atoms with van der Waals surface area (Å²) < 4.78 is 6.57. The lowest BCUT2D eigenvalue weighted by Crippen LogP contribution is -2.24. The molecule has 3 rings (SSSR count). The van der Waals surface area contributed by atoms with Crippen molar-refractivity contribution < 1.29 is 9.53 Å². The highest BCUT2D eigenvalue weighted by atomic mass is 79.9. The van der Waals surface area contributed by atoms with Crippen molar-refractivity contribution in [2.24, 2.45) is 0 Å². The Morgan fingerprint density at radius 2 is 2.20 bits per heavy atom. The smallest absolute Gasteiger partial charge is 0.255 e. The number of fused-ring (bicyclic) bond motifs is 1. The minimum atomic E-state index is -0.279. The monoisotopic (exact) mass is 371 g/mol. The number of halogens is 2. The Labute approximate surface area is 134 Å². The molecule has 2 heterocycles. The first kappa shape index (κ1) is 13.9. The lowest BCUT2D eigenvalue weighted by Gasteiger charge is -2.11. The van der Waals surface area contributed by atoms with Crippen molar-refractivity contribution in [1.29, 1.82) is 0 Å². The summed E-state index contributed by atoms with van der Waals surface area (Å²) >= 11 is 11.5. The first-order valence-electron chi connectivity index (χ1n) is 6.08. The molecule has 6 heteroatoms. The summed E-state index contributed by atoms with van der Waals surface area (Å²) in [6.45, 7) is 1.00. The van der Waals surface area contributed by atoms with Crippen LogP contribution in [0.2, 0.25) is 0 Å². The lowest BCUT2D eigenvalue weighted by molar-refractivity contribution is 0.0957. The van der Waals surface area contributed by atoms with Crippen LogP contribution in [-0.2, 0) is 0 Å². The van der Waals surface area contributed by atoms with Crippen molar-refractivity contribution in [3.05, 3.63) is 50.1 Å². The molecule has 1 aromatic carbocycles. The van der Waals surface area contributed by atoms with Gasteiger partial charge >= 0.3 is 0 Å². The number of rotatable bonds is 2. The molecule has 2 aromatic rings. The molecular formula is C14H11BrClNO2S. The Kier molecular flexibility index (Phi) is 4.01. The van der Waals surface area contributed by atoms with E-state index in [1.54, 1.807) is 17.4 Å². The zero-order valence-corrected chi connectivity index (χ0v) is 13.5. The van der Waals surface area contributed by atoms with Crippen LogP contribution in [0.15, 0.2) is 33.4 Å². The predicted octanol–water partition coefficient (Wildman–Crippen LogP) is 3.96. The second-order valence-corrected chi connectivity index (χ2v) is 7.13. The molecule has 20 heavy (non-hydrogen) atoms. The standard InChI is InChI=1S/C14H11BrClNO2S/c15-12-6-9(7-20-12)13(16)8-1-2-11-10(5-8)14(18)17-3-4-19-11/h1-2,5-7,13H,3-4H2,(H,17,18). The fourth-order valence-corrected chi connectivity index (χ4v) is 3.62. The Balaban J connectivity index is 1.97. The second kappa shape index (κ2) is 5.76. The highest BCUT2D eigenvalue weighted by Gasteiger charge is 2.20. The van der Waals surface area contributed by atoms with Crippen molar-refractivity contribution in [3.63, 3.8) is 0 Å². The Morgan fingerprint density at radius 3 is 2.95 bits per heavy atom. The van der Waals surface area contributed by atoms with Crippen LogP contribution in [0, 0.1) is 0 Å². The van der Waals surface area contributed by atoms with E-state index in [-0.39, 0.29) is 11.3 Å². The van der Waals surface area contributed by atoms with Gasteiger partial charge < -0.3 is 10.1 Å². The third-order valence-corrected chi connectivity index (χ3v) is 5.09. The highest BCUT2D eigenvalue weighted by molar-refractivity contribution is 9.11. The zero-order valence-electron chi connectivity index (χ0n) is 10.4. The van der Waals surface area contributed by atoms with Crippen LogP contribution < -0.4 is 10.1 Å². The third-order valence-electron chi connectivity index (χ3n) is 3.07. The molecule has 1 N–H and O–H groups in total. The summed E-state index contributed by atoms with van der Waals surface area (Å²) in [6, 6.07) is 7.51. The first-order valence-corrected chi connectivity index (χ1v) is 8.19. The Morgan fingerprint density at radius 1 is 1.35 bits per heavy atom. The van der Waals surface area contributed by atoms with E-state index in [1.165, 1.54) is 0 Å². The van der Waals surface area contributed by atoms with Crippen molar-refractivity contribution in [3.8, 4) is 5.75 Å². The second-order valence-electron chi connectivity index (χ2n) is 4.41. The van der Waals surface area contributed by atoms with E-state index in [2.05, 4.69) is 21.2 Å². The van der Waals surface area contributed by atoms with Gasteiger partial charge in [-0.25, -0.2) is 0 Å². The van der Waals surface area contributed by atoms with Crippen molar-refractivity contribution in [1.82, 2.24) is 5.32 Å². The first-order chi connectivity index (χ1) is 9.65. The lowest BCUT2D eigenvalue weighted by atomic mass is 10.0. The van der Waals surface area contributed by atoms with E-state index >= 15 is 0 Å². The number of ether oxygens (including phenoxy) is 1. The molecule has 0 saturated carbocycles. The van der Waals surface area contributed by atoms with Crippen LogP contribution in [0.1, 0.15) is 26.9 Å². The van der Waals surface area contributed by atoms with E-state index in [0.29, 0.717) is 24.5 Å². The Hall–Kier alpha value is -1.04. The summed E-state index contributed by atoms with van der Waals surface area (Å²) in [5.41, 5.74) is 2.44. The van der Waals surface area contributed by atoms with E-state index in [9.17, 15) is 4.79 Å². The molecule has 1 unspecified atom stereocenters. The fourth-order valence-electron chi connectivity index (χ4n) is 2.08. The maximum Gasteiger partial charge on any atom is 0.255 e. The van der Waals surface area contributed by atoms with Gasteiger partial charge in [-0.2, -0.15) is 0 Å². The fraction of sp³-hybridized carbons (Fsp3) is 0.214. The maximum absolute atomic E-state index is 12.0. The van der Waals surface area contributed by atoms with E-state index < -0.39 is 0 Å². The molecular weight excluding hydrogens is 362 g/mol. The van der Waals surface area contributed by atoms with Gasteiger partial charge in [0, 0.05) is 0 Å². The maximum atomic E-state index is 12.0. The van der Waals surface area contributed by atoms with Gasteiger partial charge in [-0.05, 0) is 50.6 Å². The van der Waals surface area contributed by atoms with E-state index in [0.717, 1.165) is 14.9 Å². The van der Waals surface area contributed by atoms with Gasteiger partial charge in [-0.1, -0.05) is 6.07 Å². The molecule has 0 fully saturated rings. The molecule has 0 spiro atoms.